The van der Waals surface area contributed by atoms with Crippen LogP contribution in [0.15, 0.2) is 35.4 Å². The summed E-state index contributed by atoms with van der Waals surface area (Å²) < 4.78 is 1.45. The normalized spacial score (nSPS) is 24.4. The van der Waals surface area contributed by atoms with Gasteiger partial charge < -0.3 is 4.90 Å². The number of fused-ring (bicyclic) bond motifs is 2. The summed E-state index contributed by atoms with van der Waals surface area (Å²) in [6.07, 6.45) is 10.1. The van der Waals surface area contributed by atoms with Crippen LogP contribution in [0.4, 0.5) is 0 Å². The fourth-order valence-electron chi connectivity index (χ4n) is 4.21. The molecule has 1 amide bonds. The van der Waals surface area contributed by atoms with Crippen LogP contribution in [0.3, 0.4) is 0 Å². The third-order valence-corrected chi connectivity index (χ3v) is 5.35. The SMILES string of the molecule is O=C(c1cnc2ccccn2c1=O)N1CCC[C@@H]2CCCC[C@@H]21. The van der Waals surface area contributed by atoms with Gasteiger partial charge in [0.1, 0.15) is 11.2 Å². The lowest BCUT2D eigenvalue weighted by Crippen LogP contribution is -2.50. The number of amides is 1. The summed E-state index contributed by atoms with van der Waals surface area (Å²) in [7, 11) is 0. The molecule has 2 fully saturated rings. The fourth-order valence-corrected chi connectivity index (χ4v) is 4.21. The van der Waals surface area contributed by atoms with Crippen LogP contribution in [-0.2, 0) is 0 Å². The van der Waals surface area contributed by atoms with Gasteiger partial charge in [0.15, 0.2) is 0 Å². The Morgan fingerprint density at radius 2 is 1.96 bits per heavy atom. The molecular weight excluding hydrogens is 290 g/mol. The van der Waals surface area contributed by atoms with Crippen LogP contribution in [-0.4, -0.2) is 32.8 Å². The van der Waals surface area contributed by atoms with Gasteiger partial charge in [-0.25, -0.2) is 4.98 Å². The first-order chi connectivity index (χ1) is 11.3. The predicted octanol–water partition coefficient (Wildman–Crippen LogP) is 2.49. The zero-order valence-corrected chi connectivity index (χ0v) is 13.1. The van der Waals surface area contributed by atoms with E-state index < -0.39 is 0 Å². The molecule has 0 unspecified atom stereocenters. The van der Waals surface area contributed by atoms with Crippen molar-refractivity contribution < 1.29 is 4.79 Å². The minimum absolute atomic E-state index is 0.141. The Bertz CT molecular complexity index is 796. The molecule has 2 aliphatic rings. The highest BCUT2D eigenvalue weighted by Crippen LogP contribution is 2.35. The standard InChI is InChI=1S/C18H21N3O2/c22-17(20-11-5-7-13-6-1-2-8-15(13)20)14-12-19-16-9-3-4-10-21(16)18(14)23/h3-4,9-10,12-13,15H,1-2,5-8,11H2/t13-,15-/m0/s1. The minimum atomic E-state index is -0.265. The van der Waals surface area contributed by atoms with Crippen LogP contribution in [0, 0.1) is 5.92 Å². The van der Waals surface area contributed by atoms with Crippen LogP contribution in [0.1, 0.15) is 48.9 Å². The van der Waals surface area contributed by atoms with E-state index in [1.54, 1.807) is 18.3 Å². The molecule has 1 aliphatic carbocycles. The Morgan fingerprint density at radius 3 is 2.87 bits per heavy atom. The topological polar surface area (TPSA) is 54.7 Å². The summed E-state index contributed by atoms with van der Waals surface area (Å²) >= 11 is 0. The van der Waals surface area contributed by atoms with Gasteiger partial charge >= 0.3 is 0 Å². The monoisotopic (exact) mass is 311 g/mol. The van der Waals surface area contributed by atoms with E-state index >= 15 is 0 Å². The predicted molar refractivity (Wildman–Crippen MR) is 87.5 cm³/mol. The summed E-state index contributed by atoms with van der Waals surface area (Å²) in [5.74, 6) is 0.468. The van der Waals surface area contributed by atoms with Crippen molar-refractivity contribution in [2.24, 2.45) is 5.92 Å². The Morgan fingerprint density at radius 1 is 1.13 bits per heavy atom. The van der Waals surface area contributed by atoms with E-state index in [2.05, 4.69) is 4.98 Å². The molecular formula is C18H21N3O2. The summed E-state index contributed by atoms with van der Waals surface area (Å²) in [4.78, 5) is 31.9. The van der Waals surface area contributed by atoms with Crippen molar-refractivity contribution in [3.05, 3.63) is 46.5 Å². The Balaban J connectivity index is 1.71. The smallest absolute Gasteiger partial charge is 0.270 e. The third-order valence-electron chi connectivity index (χ3n) is 5.35. The van der Waals surface area contributed by atoms with Crippen molar-refractivity contribution in [2.45, 2.75) is 44.6 Å². The Labute approximate surface area is 135 Å². The number of piperidine rings is 1. The lowest BCUT2D eigenvalue weighted by Gasteiger charge is -2.44. The van der Waals surface area contributed by atoms with E-state index in [0.29, 0.717) is 17.6 Å². The number of hydrogen-bond acceptors (Lipinski definition) is 3. The first-order valence-corrected chi connectivity index (χ1v) is 8.53. The maximum Gasteiger partial charge on any atom is 0.270 e. The summed E-state index contributed by atoms with van der Waals surface area (Å²) in [5, 5.41) is 0. The van der Waals surface area contributed by atoms with Gasteiger partial charge in [-0.1, -0.05) is 18.9 Å². The molecule has 5 nitrogen and oxygen atoms in total. The van der Waals surface area contributed by atoms with Gasteiger partial charge in [0.25, 0.3) is 11.5 Å². The van der Waals surface area contributed by atoms with Crippen molar-refractivity contribution in [1.29, 1.82) is 0 Å². The molecule has 1 aliphatic heterocycles. The average Bonchev–Trinajstić information content (AvgIpc) is 2.61. The van der Waals surface area contributed by atoms with Crippen LogP contribution in [0.25, 0.3) is 5.65 Å². The molecule has 0 N–H and O–H groups in total. The maximum atomic E-state index is 13.0. The van der Waals surface area contributed by atoms with E-state index in [9.17, 15) is 9.59 Å². The molecule has 0 aromatic carbocycles. The van der Waals surface area contributed by atoms with Gasteiger partial charge in [0.05, 0.1) is 0 Å². The average molecular weight is 311 g/mol. The lowest BCUT2D eigenvalue weighted by molar-refractivity contribution is 0.0388. The quantitative estimate of drug-likeness (QED) is 0.813. The molecule has 2 atom stereocenters. The lowest BCUT2D eigenvalue weighted by atomic mass is 9.78. The number of nitrogens with zero attached hydrogens (tertiary/aromatic N) is 3. The van der Waals surface area contributed by atoms with Crippen molar-refractivity contribution in [3.8, 4) is 0 Å². The second-order valence-corrected chi connectivity index (χ2v) is 6.66. The molecule has 1 saturated carbocycles. The Hall–Kier alpha value is -2.17. The molecule has 2 aromatic heterocycles. The number of carbonyl (C=O) groups is 1. The summed E-state index contributed by atoms with van der Waals surface area (Å²) in [6, 6.07) is 5.69. The van der Waals surface area contributed by atoms with Crippen molar-refractivity contribution >= 4 is 11.6 Å². The van der Waals surface area contributed by atoms with Gasteiger partial charge in [-0.05, 0) is 43.7 Å². The summed E-state index contributed by atoms with van der Waals surface area (Å²) in [5.41, 5.74) is 0.502. The highest BCUT2D eigenvalue weighted by Gasteiger charge is 2.36. The highest BCUT2D eigenvalue weighted by molar-refractivity contribution is 5.94. The van der Waals surface area contributed by atoms with E-state index in [0.717, 1.165) is 19.4 Å². The number of aromatic nitrogens is 2. The molecule has 2 aromatic rings. The second-order valence-electron chi connectivity index (χ2n) is 6.66. The number of pyridine rings is 1. The molecule has 5 heteroatoms. The van der Waals surface area contributed by atoms with Gasteiger partial charge in [-0.2, -0.15) is 0 Å². The molecule has 0 bridgehead atoms. The molecule has 4 rings (SSSR count). The second kappa shape index (κ2) is 5.80. The van der Waals surface area contributed by atoms with Gasteiger partial charge in [0, 0.05) is 25.0 Å². The van der Waals surface area contributed by atoms with E-state index in [1.165, 1.54) is 36.3 Å². The number of hydrogen-bond donors (Lipinski definition) is 0. The molecule has 1 saturated heterocycles. The van der Waals surface area contributed by atoms with Crippen LogP contribution in [0.5, 0.6) is 0 Å². The van der Waals surface area contributed by atoms with Gasteiger partial charge in [-0.15, -0.1) is 0 Å². The van der Waals surface area contributed by atoms with Gasteiger partial charge in [0.2, 0.25) is 0 Å². The first kappa shape index (κ1) is 14.4. The maximum absolute atomic E-state index is 13.0. The molecule has 0 spiro atoms. The van der Waals surface area contributed by atoms with Crippen LogP contribution in [0.2, 0.25) is 0 Å². The molecule has 23 heavy (non-hydrogen) atoms. The van der Waals surface area contributed by atoms with Crippen LogP contribution < -0.4 is 5.56 Å². The molecule has 120 valence electrons. The van der Waals surface area contributed by atoms with Crippen molar-refractivity contribution in [1.82, 2.24) is 14.3 Å². The fraction of sp³-hybridized carbons (Fsp3) is 0.500. The van der Waals surface area contributed by atoms with E-state index in [1.807, 2.05) is 11.0 Å². The number of likely N-dealkylation sites (tertiary alicyclic amines) is 1. The summed E-state index contributed by atoms with van der Waals surface area (Å²) in [6.45, 7) is 0.761. The highest BCUT2D eigenvalue weighted by atomic mass is 16.2. The largest absolute Gasteiger partial charge is 0.335 e. The van der Waals surface area contributed by atoms with E-state index in [-0.39, 0.29) is 17.0 Å². The zero-order valence-electron chi connectivity index (χ0n) is 13.1. The number of carbonyl (C=O) groups excluding carboxylic acids is 1. The van der Waals surface area contributed by atoms with Crippen molar-refractivity contribution in [2.75, 3.05) is 6.54 Å². The van der Waals surface area contributed by atoms with Crippen LogP contribution >= 0.6 is 0 Å². The Kier molecular flexibility index (Phi) is 3.63. The zero-order chi connectivity index (χ0) is 15.8. The first-order valence-electron chi connectivity index (χ1n) is 8.53. The third kappa shape index (κ3) is 2.44. The van der Waals surface area contributed by atoms with Gasteiger partial charge in [-0.3, -0.25) is 14.0 Å². The van der Waals surface area contributed by atoms with Crippen molar-refractivity contribution in [3.63, 3.8) is 0 Å². The molecule has 3 heterocycles. The minimum Gasteiger partial charge on any atom is -0.335 e. The van der Waals surface area contributed by atoms with E-state index in [4.69, 9.17) is 0 Å². The number of rotatable bonds is 1. The molecule has 0 radical (unpaired) electrons.